The van der Waals surface area contributed by atoms with Crippen LogP contribution in [0, 0.1) is 5.92 Å². The van der Waals surface area contributed by atoms with Crippen LogP contribution in [0.15, 0.2) is 30.9 Å². The van der Waals surface area contributed by atoms with Crippen LogP contribution < -0.4 is 0 Å². The van der Waals surface area contributed by atoms with E-state index in [1.165, 1.54) is 6.33 Å². The van der Waals surface area contributed by atoms with Gasteiger partial charge in [0.05, 0.1) is 0 Å². The van der Waals surface area contributed by atoms with Crippen molar-refractivity contribution < 1.29 is 9.18 Å². The first-order valence-electron chi connectivity index (χ1n) is 8.64. The van der Waals surface area contributed by atoms with Crippen LogP contribution in [-0.2, 0) is 11.3 Å². The molecule has 130 valence electrons. The number of carbonyl (C=O) groups excluding carboxylic acids is 1. The maximum absolute atomic E-state index is 13.9. The van der Waals surface area contributed by atoms with Crippen molar-refractivity contribution in [3.63, 3.8) is 0 Å². The SMILES string of the molecule is CN(C[C@@H]1C[C@H](F)CN1Cc1cncnc1)C(=O)C[C@@H]1C=CCC1. The zero-order valence-corrected chi connectivity index (χ0v) is 14.1. The van der Waals surface area contributed by atoms with Crippen LogP contribution in [0.5, 0.6) is 0 Å². The molecule has 6 heteroatoms. The van der Waals surface area contributed by atoms with Gasteiger partial charge in [0.1, 0.15) is 12.5 Å². The number of likely N-dealkylation sites (N-methyl/N-ethyl adjacent to an activating group) is 1. The molecule has 2 heterocycles. The van der Waals surface area contributed by atoms with Crippen molar-refractivity contribution in [2.24, 2.45) is 5.92 Å². The predicted octanol–water partition coefficient (Wildman–Crippen LogP) is 2.20. The molecule has 1 aliphatic heterocycles. The lowest BCUT2D eigenvalue weighted by atomic mass is 10.0. The third-order valence-electron chi connectivity index (χ3n) is 4.94. The lowest BCUT2D eigenvalue weighted by Crippen LogP contribution is -2.41. The molecular weight excluding hydrogens is 307 g/mol. The predicted molar refractivity (Wildman–Crippen MR) is 89.9 cm³/mol. The van der Waals surface area contributed by atoms with Crippen LogP contribution in [-0.4, -0.2) is 58.0 Å². The van der Waals surface area contributed by atoms with E-state index < -0.39 is 6.17 Å². The molecule has 0 bridgehead atoms. The highest BCUT2D eigenvalue weighted by Crippen LogP contribution is 2.24. The third kappa shape index (κ3) is 4.38. The van der Waals surface area contributed by atoms with Crippen LogP contribution in [0.4, 0.5) is 4.39 Å². The molecule has 2 aliphatic rings. The van der Waals surface area contributed by atoms with Crippen molar-refractivity contribution in [1.29, 1.82) is 0 Å². The molecule has 0 radical (unpaired) electrons. The largest absolute Gasteiger partial charge is 0.344 e. The molecule has 1 amide bonds. The summed E-state index contributed by atoms with van der Waals surface area (Å²) in [7, 11) is 1.83. The molecular formula is C18H25FN4O. The molecule has 1 aliphatic carbocycles. The van der Waals surface area contributed by atoms with Gasteiger partial charge < -0.3 is 4.90 Å². The molecule has 5 nitrogen and oxygen atoms in total. The highest BCUT2D eigenvalue weighted by molar-refractivity contribution is 5.76. The van der Waals surface area contributed by atoms with Gasteiger partial charge in [-0.15, -0.1) is 0 Å². The van der Waals surface area contributed by atoms with E-state index in [4.69, 9.17) is 0 Å². The van der Waals surface area contributed by atoms with Crippen molar-refractivity contribution in [2.75, 3.05) is 20.1 Å². The minimum absolute atomic E-state index is 0.0493. The second-order valence-electron chi connectivity index (χ2n) is 6.91. The highest BCUT2D eigenvalue weighted by Gasteiger charge is 2.33. The van der Waals surface area contributed by atoms with Gasteiger partial charge in [-0.2, -0.15) is 0 Å². The fourth-order valence-corrected chi connectivity index (χ4v) is 3.62. The van der Waals surface area contributed by atoms with Gasteiger partial charge in [-0.1, -0.05) is 12.2 Å². The first-order valence-corrected chi connectivity index (χ1v) is 8.64. The summed E-state index contributed by atoms with van der Waals surface area (Å²) in [5, 5.41) is 0. The maximum Gasteiger partial charge on any atom is 0.222 e. The maximum atomic E-state index is 13.9. The standard InChI is InChI=1S/C18H25FN4O/c1-22(18(24)6-14-4-2-3-5-14)12-17-7-16(19)11-23(17)10-15-8-20-13-21-9-15/h2,4,8-9,13-14,16-17H,3,5-7,10-12H2,1H3/t14-,16+,17+/m1/s1. The molecule has 0 aromatic carbocycles. The number of allylic oxidation sites excluding steroid dienone is 2. The molecule has 1 fully saturated rings. The fourth-order valence-electron chi connectivity index (χ4n) is 3.62. The number of likely N-dealkylation sites (tertiary alicyclic amines) is 1. The van der Waals surface area contributed by atoms with Gasteiger partial charge in [0.25, 0.3) is 0 Å². The molecule has 0 unspecified atom stereocenters. The second-order valence-corrected chi connectivity index (χ2v) is 6.91. The number of hydrogen-bond donors (Lipinski definition) is 0. The summed E-state index contributed by atoms with van der Waals surface area (Å²) >= 11 is 0. The Balaban J connectivity index is 1.55. The number of nitrogens with zero attached hydrogens (tertiary/aromatic N) is 4. The van der Waals surface area contributed by atoms with Gasteiger partial charge in [0, 0.05) is 57.1 Å². The summed E-state index contributed by atoms with van der Waals surface area (Å²) in [5.41, 5.74) is 0.974. The number of amides is 1. The minimum atomic E-state index is -0.833. The normalized spacial score (nSPS) is 26.8. The number of aromatic nitrogens is 2. The zero-order chi connectivity index (χ0) is 16.9. The summed E-state index contributed by atoms with van der Waals surface area (Å²) in [5.74, 6) is 0.520. The summed E-state index contributed by atoms with van der Waals surface area (Å²) in [6.45, 7) is 1.61. The van der Waals surface area contributed by atoms with Crippen molar-refractivity contribution in [3.8, 4) is 0 Å². The average molecular weight is 332 g/mol. The molecule has 3 rings (SSSR count). The first kappa shape index (κ1) is 17.0. The van der Waals surface area contributed by atoms with E-state index >= 15 is 0 Å². The molecule has 3 atom stereocenters. The fraction of sp³-hybridized carbons (Fsp3) is 0.611. The molecule has 0 spiro atoms. The van der Waals surface area contributed by atoms with Crippen molar-refractivity contribution in [1.82, 2.24) is 19.8 Å². The lowest BCUT2D eigenvalue weighted by Gasteiger charge is -2.28. The van der Waals surface area contributed by atoms with Gasteiger partial charge in [-0.25, -0.2) is 14.4 Å². The molecule has 1 aromatic rings. The Hall–Kier alpha value is -1.82. The zero-order valence-electron chi connectivity index (χ0n) is 14.1. The minimum Gasteiger partial charge on any atom is -0.344 e. The van der Waals surface area contributed by atoms with Crippen LogP contribution in [0.3, 0.4) is 0 Å². The Labute approximate surface area is 142 Å². The van der Waals surface area contributed by atoms with E-state index in [1.807, 2.05) is 7.05 Å². The van der Waals surface area contributed by atoms with Crippen molar-refractivity contribution in [3.05, 3.63) is 36.4 Å². The Morgan fingerprint density at radius 3 is 2.92 bits per heavy atom. The van der Waals surface area contributed by atoms with Crippen molar-refractivity contribution in [2.45, 2.75) is 44.4 Å². The van der Waals surface area contributed by atoms with E-state index in [9.17, 15) is 9.18 Å². The Morgan fingerprint density at radius 2 is 2.21 bits per heavy atom. The second kappa shape index (κ2) is 7.83. The van der Waals surface area contributed by atoms with Crippen LogP contribution >= 0.6 is 0 Å². The van der Waals surface area contributed by atoms with E-state index in [-0.39, 0.29) is 11.9 Å². The molecule has 24 heavy (non-hydrogen) atoms. The average Bonchev–Trinajstić information content (AvgIpc) is 3.18. The van der Waals surface area contributed by atoms with Crippen molar-refractivity contribution >= 4 is 5.91 Å². The van der Waals surface area contributed by atoms with Gasteiger partial charge in [-0.3, -0.25) is 9.69 Å². The van der Waals surface area contributed by atoms with E-state index in [0.717, 1.165) is 18.4 Å². The van der Waals surface area contributed by atoms with Crippen LogP contribution in [0.2, 0.25) is 0 Å². The highest BCUT2D eigenvalue weighted by atomic mass is 19.1. The number of rotatable bonds is 6. The van der Waals surface area contributed by atoms with E-state index in [0.29, 0.717) is 38.4 Å². The Morgan fingerprint density at radius 1 is 1.42 bits per heavy atom. The molecule has 0 saturated carbocycles. The van der Waals surface area contributed by atoms with Crippen LogP contribution in [0.25, 0.3) is 0 Å². The number of halogens is 1. The summed E-state index contributed by atoms with van der Waals surface area (Å²) in [6, 6.07) is 0.0493. The Kier molecular flexibility index (Phi) is 5.56. The van der Waals surface area contributed by atoms with E-state index in [2.05, 4.69) is 27.0 Å². The third-order valence-corrected chi connectivity index (χ3v) is 4.94. The summed E-state index contributed by atoms with van der Waals surface area (Å²) in [4.78, 5) is 24.3. The number of hydrogen-bond acceptors (Lipinski definition) is 4. The Bertz CT molecular complexity index is 580. The van der Waals surface area contributed by atoms with Crippen LogP contribution in [0.1, 0.15) is 31.2 Å². The molecule has 0 N–H and O–H groups in total. The van der Waals surface area contributed by atoms with E-state index in [1.54, 1.807) is 17.3 Å². The number of carbonyl (C=O) groups is 1. The lowest BCUT2D eigenvalue weighted by molar-refractivity contribution is -0.131. The molecule has 1 saturated heterocycles. The van der Waals surface area contributed by atoms with Gasteiger partial charge in [0.2, 0.25) is 5.91 Å². The molecule has 1 aromatic heterocycles. The first-order chi connectivity index (χ1) is 11.6. The quantitative estimate of drug-likeness (QED) is 0.750. The summed E-state index contributed by atoms with van der Waals surface area (Å²) < 4.78 is 13.9. The monoisotopic (exact) mass is 332 g/mol. The number of alkyl halides is 1. The topological polar surface area (TPSA) is 49.3 Å². The summed E-state index contributed by atoms with van der Waals surface area (Å²) in [6.07, 6.45) is 11.6. The van der Waals surface area contributed by atoms with Gasteiger partial charge in [-0.05, 0) is 25.2 Å². The van der Waals surface area contributed by atoms with Gasteiger partial charge in [0.15, 0.2) is 0 Å². The smallest absolute Gasteiger partial charge is 0.222 e. The van der Waals surface area contributed by atoms with Gasteiger partial charge >= 0.3 is 0 Å².